The summed E-state index contributed by atoms with van der Waals surface area (Å²) in [6, 6.07) is 14.9. The molecule has 31 heavy (non-hydrogen) atoms. The van der Waals surface area contributed by atoms with Crippen molar-refractivity contribution >= 4 is 17.6 Å². The molecule has 0 saturated heterocycles. The zero-order valence-electron chi connectivity index (χ0n) is 18.2. The summed E-state index contributed by atoms with van der Waals surface area (Å²) in [5, 5.41) is 7.36. The second kappa shape index (κ2) is 9.93. The number of carbonyl (C=O) groups excluding carboxylic acids is 2. The van der Waals surface area contributed by atoms with Gasteiger partial charge < -0.3 is 14.8 Å². The van der Waals surface area contributed by atoms with E-state index in [0.29, 0.717) is 23.6 Å². The largest absolute Gasteiger partial charge is 0.482 e. The number of aromatic nitrogens is 2. The first-order valence-corrected chi connectivity index (χ1v) is 10.2. The number of anilines is 1. The van der Waals surface area contributed by atoms with Crippen LogP contribution >= 0.6 is 0 Å². The number of esters is 1. The van der Waals surface area contributed by atoms with E-state index in [2.05, 4.69) is 10.4 Å². The number of rotatable bonds is 8. The maximum atomic E-state index is 13.0. The molecule has 0 spiro atoms. The van der Waals surface area contributed by atoms with E-state index < -0.39 is 5.97 Å². The second-order valence-electron chi connectivity index (χ2n) is 7.42. The molecule has 1 aromatic heterocycles. The number of benzene rings is 2. The van der Waals surface area contributed by atoms with Gasteiger partial charge in [0.15, 0.2) is 6.61 Å². The molecule has 0 saturated carbocycles. The number of carbonyl (C=O) groups is 2. The molecule has 0 aliphatic carbocycles. The molecule has 0 atom stereocenters. The molecule has 7 nitrogen and oxygen atoms in total. The predicted octanol–water partition coefficient (Wildman–Crippen LogP) is 4.50. The number of nitrogens with zero attached hydrogens (tertiary/aromatic N) is 2. The molecule has 0 fully saturated rings. The molecule has 162 valence electrons. The van der Waals surface area contributed by atoms with Crippen LogP contribution in [0.4, 0.5) is 5.69 Å². The first-order chi connectivity index (χ1) is 14.9. The highest BCUT2D eigenvalue weighted by Crippen LogP contribution is 2.25. The number of hydrogen-bond donors (Lipinski definition) is 1. The third-order valence-electron chi connectivity index (χ3n) is 4.63. The highest BCUT2D eigenvalue weighted by molar-refractivity contribution is 6.05. The normalized spacial score (nSPS) is 10.7. The maximum Gasteiger partial charge on any atom is 0.344 e. The van der Waals surface area contributed by atoms with Crippen LogP contribution in [0, 0.1) is 6.92 Å². The molecule has 2 aromatic carbocycles. The van der Waals surface area contributed by atoms with Crippen LogP contribution in [0.5, 0.6) is 5.75 Å². The average Bonchev–Trinajstić information content (AvgIpc) is 3.19. The standard InChI is InChI=1S/C24H27N3O4/c1-5-30-22(28)15-31-20-8-6-7-18(13-20)26-24(29)21-14-25-27(23(21)16(2)3)19-11-9-17(4)10-12-19/h6-14,16H,5,15H2,1-4H3,(H,26,29). The number of nitrogens with one attached hydrogen (secondary N) is 1. The molecule has 1 N–H and O–H groups in total. The van der Waals surface area contributed by atoms with Gasteiger partial charge in [-0.15, -0.1) is 0 Å². The van der Waals surface area contributed by atoms with Crippen LogP contribution in [0.25, 0.3) is 5.69 Å². The summed E-state index contributed by atoms with van der Waals surface area (Å²) in [5.74, 6) is -0.152. The summed E-state index contributed by atoms with van der Waals surface area (Å²) in [7, 11) is 0. The first-order valence-electron chi connectivity index (χ1n) is 10.2. The molecule has 3 rings (SSSR count). The van der Waals surface area contributed by atoms with E-state index >= 15 is 0 Å². The molecule has 0 bridgehead atoms. The summed E-state index contributed by atoms with van der Waals surface area (Å²) in [6.07, 6.45) is 1.59. The van der Waals surface area contributed by atoms with Gasteiger partial charge in [0.25, 0.3) is 5.91 Å². The van der Waals surface area contributed by atoms with Gasteiger partial charge in [0.2, 0.25) is 0 Å². The van der Waals surface area contributed by atoms with Gasteiger partial charge >= 0.3 is 5.97 Å². The monoisotopic (exact) mass is 421 g/mol. The Morgan fingerprint density at radius 3 is 2.55 bits per heavy atom. The van der Waals surface area contributed by atoms with Crippen molar-refractivity contribution in [2.45, 2.75) is 33.6 Å². The molecule has 1 heterocycles. The predicted molar refractivity (Wildman–Crippen MR) is 119 cm³/mol. The number of ether oxygens (including phenoxy) is 2. The number of amides is 1. The van der Waals surface area contributed by atoms with Crippen molar-refractivity contribution in [1.82, 2.24) is 9.78 Å². The van der Waals surface area contributed by atoms with Crippen molar-refractivity contribution in [2.75, 3.05) is 18.5 Å². The van der Waals surface area contributed by atoms with Crippen LogP contribution in [0.15, 0.2) is 54.7 Å². The van der Waals surface area contributed by atoms with Crippen molar-refractivity contribution in [3.05, 3.63) is 71.5 Å². The lowest BCUT2D eigenvalue weighted by atomic mass is 10.0. The molecular formula is C24H27N3O4. The summed E-state index contributed by atoms with van der Waals surface area (Å²) in [6.45, 7) is 7.93. The van der Waals surface area contributed by atoms with Crippen molar-refractivity contribution in [1.29, 1.82) is 0 Å². The number of hydrogen-bond acceptors (Lipinski definition) is 5. The molecular weight excluding hydrogens is 394 g/mol. The zero-order chi connectivity index (χ0) is 22.4. The molecule has 0 radical (unpaired) electrons. The van der Waals surface area contributed by atoms with E-state index in [1.807, 2.05) is 45.0 Å². The molecule has 7 heteroatoms. The summed E-state index contributed by atoms with van der Waals surface area (Å²) in [5.41, 5.74) is 3.96. The Kier molecular flexibility index (Phi) is 7.07. The quantitative estimate of drug-likeness (QED) is 0.542. The van der Waals surface area contributed by atoms with E-state index in [4.69, 9.17) is 9.47 Å². The van der Waals surface area contributed by atoms with Crippen molar-refractivity contribution in [3.8, 4) is 11.4 Å². The Morgan fingerprint density at radius 2 is 1.87 bits per heavy atom. The topological polar surface area (TPSA) is 82.4 Å². The van der Waals surface area contributed by atoms with Gasteiger partial charge in [0, 0.05) is 11.8 Å². The molecule has 3 aromatic rings. The van der Waals surface area contributed by atoms with Crippen LogP contribution in [-0.2, 0) is 9.53 Å². The highest BCUT2D eigenvalue weighted by Gasteiger charge is 2.21. The van der Waals surface area contributed by atoms with Crippen LogP contribution in [0.1, 0.15) is 48.3 Å². The lowest BCUT2D eigenvalue weighted by Gasteiger charge is -2.13. The van der Waals surface area contributed by atoms with Gasteiger partial charge in [-0.3, -0.25) is 4.79 Å². The Labute approximate surface area is 182 Å². The Balaban J connectivity index is 1.78. The number of aryl methyl sites for hydroxylation is 1. The van der Waals surface area contributed by atoms with Crippen molar-refractivity contribution in [3.63, 3.8) is 0 Å². The molecule has 0 aliphatic heterocycles. The van der Waals surface area contributed by atoms with Crippen molar-refractivity contribution < 1.29 is 19.1 Å². The van der Waals surface area contributed by atoms with E-state index in [1.54, 1.807) is 42.1 Å². The molecule has 1 amide bonds. The molecule has 0 aliphatic rings. The highest BCUT2D eigenvalue weighted by atomic mass is 16.6. The maximum absolute atomic E-state index is 13.0. The van der Waals surface area contributed by atoms with Crippen LogP contribution < -0.4 is 10.1 Å². The van der Waals surface area contributed by atoms with Gasteiger partial charge in [-0.05, 0) is 44.0 Å². The van der Waals surface area contributed by atoms with Gasteiger partial charge in [0.1, 0.15) is 5.75 Å². The van der Waals surface area contributed by atoms with Crippen molar-refractivity contribution in [2.24, 2.45) is 0 Å². The Morgan fingerprint density at radius 1 is 1.13 bits per heavy atom. The van der Waals surface area contributed by atoms with Gasteiger partial charge in [0.05, 0.1) is 29.7 Å². The SMILES string of the molecule is CCOC(=O)COc1cccc(NC(=O)c2cnn(-c3ccc(C)cc3)c2C(C)C)c1. The average molecular weight is 421 g/mol. The van der Waals surface area contributed by atoms with Crippen LogP contribution in [-0.4, -0.2) is 34.9 Å². The fourth-order valence-corrected chi connectivity index (χ4v) is 3.19. The summed E-state index contributed by atoms with van der Waals surface area (Å²) >= 11 is 0. The third kappa shape index (κ3) is 5.51. The van der Waals surface area contributed by atoms with Gasteiger partial charge in [-0.25, -0.2) is 9.48 Å². The second-order valence-corrected chi connectivity index (χ2v) is 7.42. The minimum atomic E-state index is -0.443. The Hall–Kier alpha value is -3.61. The third-order valence-corrected chi connectivity index (χ3v) is 4.63. The Bertz CT molecular complexity index is 1050. The van der Waals surface area contributed by atoms with E-state index in [0.717, 1.165) is 16.9 Å². The lowest BCUT2D eigenvalue weighted by Crippen LogP contribution is -2.16. The molecule has 0 unspecified atom stereocenters. The van der Waals surface area contributed by atoms with E-state index in [-0.39, 0.29) is 18.4 Å². The van der Waals surface area contributed by atoms with E-state index in [1.165, 1.54) is 0 Å². The lowest BCUT2D eigenvalue weighted by molar-refractivity contribution is -0.145. The van der Waals surface area contributed by atoms with Crippen LogP contribution in [0.2, 0.25) is 0 Å². The van der Waals surface area contributed by atoms with Gasteiger partial charge in [-0.1, -0.05) is 37.6 Å². The smallest absolute Gasteiger partial charge is 0.344 e. The summed E-state index contributed by atoms with van der Waals surface area (Å²) < 4.78 is 12.1. The minimum absolute atomic E-state index is 0.0869. The fraction of sp³-hybridized carbons (Fsp3) is 0.292. The van der Waals surface area contributed by atoms with Crippen LogP contribution in [0.3, 0.4) is 0 Å². The first kappa shape index (κ1) is 22.1. The summed E-state index contributed by atoms with van der Waals surface area (Å²) in [4.78, 5) is 24.5. The minimum Gasteiger partial charge on any atom is -0.482 e. The van der Waals surface area contributed by atoms with E-state index in [9.17, 15) is 9.59 Å². The zero-order valence-corrected chi connectivity index (χ0v) is 18.2. The van der Waals surface area contributed by atoms with Gasteiger partial charge in [-0.2, -0.15) is 5.10 Å². The fourth-order valence-electron chi connectivity index (χ4n) is 3.19.